The van der Waals surface area contributed by atoms with Crippen molar-refractivity contribution >= 4 is 17.6 Å². The minimum Gasteiger partial charge on any atom is -0.370 e. The number of rotatable bonds is 6. The van der Waals surface area contributed by atoms with E-state index >= 15 is 0 Å². The highest BCUT2D eigenvalue weighted by Crippen LogP contribution is 2.37. The van der Waals surface area contributed by atoms with Gasteiger partial charge in [-0.05, 0) is 31.0 Å². The molecule has 20 heavy (non-hydrogen) atoms. The molecule has 1 saturated carbocycles. The summed E-state index contributed by atoms with van der Waals surface area (Å²) in [6, 6.07) is 2.17. The molecule has 0 bridgehead atoms. The standard InChI is InChI=1S/C12H16N6OS/c1-2-5-13-9-6-10(15-7-14-9)20-12-17-16-11(19)18(12)8-3-4-8/h6-8H,2-5H2,1H3,(H,16,19)(H,13,14,15). The van der Waals surface area contributed by atoms with E-state index in [2.05, 4.69) is 32.4 Å². The first-order valence-corrected chi connectivity index (χ1v) is 7.50. The molecule has 0 spiro atoms. The summed E-state index contributed by atoms with van der Waals surface area (Å²) in [5.41, 5.74) is -0.145. The summed E-state index contributed by atoms with van der Waals surface area (Å²) in [5.74, 6) is 0.792. The highest BCUT2D eigenvalue weighted by Gasteiger charge is 2.28. The lowest BCUT2D eigenvalue weighted by Crippen LogP contribution is -2.16. The molecule has 2 aromatic heterocycles. The fourth-order valence-corrected chi connectivity index (χ4v) is 2.73. The highest BCUT2D eigenvalue weighted by molar-refractivity contribution is 7.99. The van der Waals surface area contributed by atoms with Gasteiger partial charge in [0, 0.05) is 18.7 Å². The number of aromatic nitrogens is 5. The molecule has 0 saturated heterocycles. The summed E-state index contributed by atoms with van der Waals surface area (Å²) in [7, 11) is 0. The molecule has 106 valence electrons. The van der Waals surface area contributed by atoms with Crippen LogP contribution in [0.1, 0.15) is 32.2 Å². The van der Waals surface area contributed by atoms with Gasteiger partial charge in [0.05, 0.1) is 0 Å². The van der Waals surface area contributed by atoms with Crippen molar-refractivity contribution in [1.29, 1.82) is 0 Å². The second-order valence-electron chi connectivity index (χ2n) is 4.68. The molecule has 0 unspecified atom stereocenters. The SMILES string of the molecule is CCCNc1cc(Sc2n[nH]c(=O)n2C2CC2)ncn1. The van der Waals surface area contributed by atoms with Crippen LogP contribution in [-0.2, 0) is 0 Å². The van der Waals surface area contributed by atoms with Gasteiger partial charge in [0.25, 0.3) is 0 Å². The van der Waals surface area contributed by atoms with E-state index in [1.54, 1.807) is 4.57 Å². The van der Waals surface area contributed by atoms with Crippen LogP contribution in [-0.4, -0.2) is 31.3 Å². The Hall–Kier alpha value is -1.83. The van der Waals surface area contributed by atoms with E-state index in [9.17, 15) is 4.79 Å². The molecule has 8 heteroatoms. The highest BCUT2D eigenvalue weighted by atomic mass is 32.2. The zero-order valence-electron chi connectivity index (χ0n) is 11.2. The van der Waals surface area contributed by atoms with Crippen LogP contribution < -0.4 is 11.0 Å². The number of nitrogens with zero attached hydrogens (tertiary/aromatic N) is 4. The quantitative estimate of drug-likeness (QED) is 0.787. The van der Waals surface area contributed by atoms with E-state index in [0.29, 0.717) is 11.2 Å². The topological polar surface area (TPSA) is 88.5 Å². The van der Waals surface area contributed by atoms with E-state index in [4.69, 9.17) is 0 Å². The fraction of sp³-hybridized carbons (Fsp3) is 0.500. The lowest BCUT2D eigenvalue weighted by atomic mass is 10.4. The minimum absolute atomic E-state index is 0.145. The van der Waals surface area contributed by atoms with Gasteiger partial charge in [-0.3, -0.25) is 4.57 Å². The fourth-order valence-electron chi connectivity index (χ4n) is 1.86. The zero-order valence-corrected chi connectivity index (χ0v) is 12.0. The van der Waals surface area contributed by atoms with E-state index in [0.717, 1.165) is 36.7 Å². The van der Waals surface area contributed by atoms with Crippen molar-refractivity contribution < 1.29 is 0 Å². The molecule has 0 aliphatic heterocycles. The normalized spacial score (nSPS) is 14.4. The molecule has 2 aromatic rings. The zero-order chi connectivity index (χ0) is 13.9. The van der Waals surface area contributed by atoms with E-state index in [1.165, 1.54) is 18.1 Å². The first-order valence-electron chi connectivity index (χ1n) is 6.68. The van der Waals surface area contributed by atoms with Gasteiger partial charge in [0.1, 0.15) is 17.2 Å². The van der Waals surface area contributed by atoms with Crippen LogP contribution in [0.5, 0.6) is 0 Å². The second kappa shape index (κ2) is 5.66. The van der Waals surface area contributed by atoms with Crippen molar-refractivity contribution in [2.24, 2.45) is 0 Å². The summed E-state index contributed by atoms with van der Waals surface area (Å²) < 4.78 is 1.71. The van der Waals surface area contributed by atoms with Crippen molar-refractivity contribution in [3.63, 3.8) is 0 Å². The Morgan fingerprint density at radius 3 is 3.10 bits per heavy atom. The van der Waals surface area contributed by atoms with Crippen LogP contribution in [0, 0.1) is 0 Å². The first-order chi connectivity index (χ1) is 9.78. The predicted molar refractivity (Wildman–Crippen MR) is 76.1 cm³/mol. The molecule has 7 nitrogen and oxygen atoms in total. The van der Waals surface area contributed by atoms with Crippen LogP contribution in [0.25, 0.3) is 0 Å². The van der Waals surface area contributed by atoms with E-state index < -0.39 is 0 Å². The van der Waals surface area contributed by atoms with Gasteiger partial charge in [0.2, 0.25) is 0 Å². The number of aromatic amines is 1. The predicted octanol–water partition coefficient (Wildman–Crippen LogP) is 1.67. The Labute approximate surface area is 120 Å². The third-order valence-electron chi connectivity index (χ3n) is 2.98. The van der Waals surface area contributed by atoms with Gasteiger partial charge >= 0.3 is 5.69 Å². The summed E-state index contributed by atoms with van der Waals surface area (Å²) in [6.45, 7) is 2.97. The molecule has 1 aliphatic carbocycles. The average Bonchev–Trinajstić information content (AvgIpc) is 3.22. The number of H-pyrrole nitrogens is 1. The molecular weight excluding hydrogens is 276 g/mol. The van der Waals surface area contributed by atoms with Crippen molar-refractivity contribution in [2.45, 2.75) is 42.4 Å². The van der Waals surface area contributed by atoms with Gasteiger partial charge in [-0.2, -0.15) is 0 Å². The van der Waals surface area contributed by atoms with Crippen LogP contribution in [0.2, 0.25) is 0 Å². The minimum atomic E-state index is -0.145. The van der Waals surface area contributed by atoms with Crippen LogP contribution in [0.4, 0.5) is 5.82 Å². The first kappa shape index (κ1) is 13.2. The number of hydrogen-bond donors (Lipinski definition) is 2. The van der Waals surface area contributed by atoms with Crippen molar-refractivity contribution in [3.05, 3.63) is 22.9 Å². The number of anilines is 1. The van der Waals surface area contributed by atoms with Gasteiger partial charge in [-0.25, -0.2) is 19.9 Å². The van der Waals surface area contributed by atoms with Crippen molar-refractivity contribution in [3.8, 4) is 0 Å². The maximum Gasteiger partial charge on any atom is 0.344 e. The third kappa shape index (κ3) is 2.84. The number of hydrogen-bond acceptors (Lipinski definition) is 6. The molecule has 2 N–H and O–H groups in total. The summed E-state index contributed by atoms with van der Waals surface area (Å²) in [6.07, 6.45) is 4.64. The maximum atomic E-state index is 11.7. The average molecular weight is 292 g/mol. The van der Waals surface area contributed by atoms with E-state index in [-0.39, 0.29) is 5.69 Å². The molecule has 0 atom stereocenters. The maximum absolute atomic E-state index is 11.7. The summed E-state index contributed by atoms with van der Waals surface area (Å²) >= 11 is 1.38. The van der Waals surface area contributed by atoms with Gasteiger partial charge < -0.3 is 5.32 Å². The second-order valence-corrected chi connectivity index (χ2v) is 5.67. The lowest BCUT2D eigenvalue weighted by molar-refractivity contribution is 0.642. The molecule has 0 radical (unpaired) electrons. The van der Waals surface area contributed by atoms with Crippen molar-refractivity contribution in [1.82, 2.24) is 24.7 Å². The molecule has 0 aromatic carbocycles. The summed E-state index contributed by atoms with van der Waals surface area (Å²) in [4.78, 5) is 20.1. The van der Waals surface area contributed by atoms with Gasteiger partial charge in [0.15, 0.2) is 5.16 Å². The van der Waals surface area contributed by atoms with Crippen molar-refractivity contribution in [2.75, 3.05) is 11.9 Å². The molecule has 0 amide bonds. The third-order valence-corrected chi connectivity index (χ3v) is 3.88. The lowest BCUT2D eigenvalue weighted by Gasteiger charge is -2.05. The van der Waals surface area contributed by atoms with Crippen LogP contribution >= 0.6 is 11.8 Å². The Morgan fingerprint density at radius 1 is 1.50 bits per heavy atom. The Bertz CT molecular complexity index is 647. The van der Waals surface area contributed by atoms with Crippen LogP contribution in [0.15, 0.2) is 27.4 Å². The monoisotopic (exact) mass is 292 g/mol. The molecular formula is C12H16N6OS. The summed E-state index contributed by atoms with van der Waals surface area (Å²) in [5, 5.41) is 11.2. The Kier molecular flexibility index (Phi) is 3.72. The molecule has 3 rings (SSSR count). The van der Waals surface area contributed by atoms with Gasteiger partial charge in [-0.15, -0.1) is 5.10 Å². The van der Waals surface area contributed by atoms with Crippen LogP contribution in [0.3, 0.4) is 0 Å². The van der Waals surface area contributed by atoms with Gasteiger partial charge in [-0.1, -0.05) is 6.92 Å². The number of nitrogens with one attached hydrogen (secondary N) is 2. The Morgan fingerprint density at radius 2 is 2.35 bits per heavy atom. The molecule has 1 fully saturated rings. The molecule has 2 heterocycles. The molecule has 1 aliphatic rings. The Balaban J connectivity index is 1.79. The van der Waals surface area contributed by atoms with E-state index in [1.807, 2.05) is 6.07 Å². The largest absolute Gasteiger partial charge is 0.370 e. The smallest absolute Gasteiger partial charge is 0.344 e.